The maximum atomic E-state index is 14.0. The molecule has 2 aromatic rings. The van der Waals surface area contributed by atoms with Crippen LogP contribution in [0.2, 0.25) is 5.02 Å². The predicted octanol–water partition coefficient (Wildman–Crippen LogP) is 4.11. The molecule has 2 heterocycles. The van der Waals surface area contributed by atoms with Gasteiger partial charge in [-0.3, -0.25) is 0 Å². The lowest BCUT2D eigenvalue weighted by Gasteiger charge is -2.32. The van der Waals surface area contributed by atoms with Crippen molar-refractivity contribution in [3.8, 4) is 0 Å². The van der Waals surface area contributed by atoms with Crippen LogP contribution < -0.4 is 5.32 Å². The molecule has 2 N–H and O–H groups in total. The van der Waals surface area contributed by atoms with E-state index in [1.165, 1.54) is 6.07 Å². The third-order valence-electron chi connectivity index (χ3n) is 4.01. The average molecular weight is 408 g/mol. The Bertz CT molecular complexity index is 906. The summed E-state index contributed by atoms with van der Waals surface area (Å²) in [7, 11) is 0. The summed E-state index contributed by atoms with van der Waals surface area (Å²) in [6.07, 6.45) is -5.04. The summed E-state index contributed by atoms with van der Waals surface area (Å²) in [5.41, 5.74) is -1.66. The number of carbonyl (C=O) groups excluding carboxylic acids is 1. The Morgan fingerprint density at radius 1 is 1.33 bits per heavy atom. The molecule has 27 heavy (non-hydrogen) atoms. The number of pyridine rings is 1. The summed E-state index contributed by atoms with van der Waals surface area (Å²) in [5, 5.41) is 11.4. The number of hydrogen-bond donors (Lipinski definition) is 2. The molecule has 0 saturated heterocycles. The van der Waals surface area contributed by atoms with Gasteiger partial charge in [-0.2, -0.15) is 17.6 Å². The maximum Gasteiger partial charge on any atom is 0.417 e. The molecule has 1 aromatic carbocycles. The van der Waals surface area contributed by atoms with Gasteiger partial charge in [0, 0.05) is 18.3 Å². The Balaban J connectivity index is 1.82. The highest BCUT2D eigenvalue weighted by atomic mass is 35.5. The highest BCUT2D eigenvalue weighted by molar-refractivity contribution is 6.31. The normalized spacial score (nSPS) is 16.9. The zero-order valence-corrected chi connectivity index (χ0v) is 14.1. The number of carbonyl (C=O) groups is 1. The Labute approximate surface area is 154 Å². The first-order valence-electron chi connectivity index (χ1n) is 7.51. The summed E-state index contributed by atoms with van der Waals surface area (Å²) in [4.78, 5) is 16.8. The van der Waals surface area contributed by atoms with Gasteiger partial charge < -0.3 is 15.3 Å². The van der Waals surface area contributed by atoms with Gasteiger partial charge in [0.25, 0.3) is 0 Å². The molecule has 0 spiro atoms. The van der Waals surface area contributed by atoms with E-state index in [4.69, 9.17) is 11.6 Å². The quantitative estimate of drug-likeness (QED) is 0.552. The number of anilines is 1. The van der Waals surface area contributed by atoms with E-state index in [2.05, 4.69) is 10.3 Å². The van der Waals surface area contributed by atoms with Crippen LogP contribution in [-0.2, 0) is 12.7 Å². The number of nitrogens with one attached hydrogen (secondary N) is 1. The minimum Gasteiger partial charge on any atom is -0.386 e. The molecule has 1 aliphatic heterocycles. The average Bonchev–Trinajstić information content (AvgIpc) is 2.56. The van der Waals surface area contributed by atoms with E-state index >= 15 is 0 Å². The second-order valence-electron chi connectivity index (χ2n) is 5.81. The van der Waals surface area contributed by atoms with Crippen LogP contribution in [0.4, 0.5) is 32.4 Å². The molecule has 11 heteroatoms. The number of β-amino-alcohol motifs (C(OH)–C–C–N with tert-alkyl or cyclic N) is 1. The van der Waals surface area contributed by atoms with Gasteiger partial charge in [0.15, 0.2) is 0 Å². The van der Waals surface area contributed by atoms with Crippen molar-refractivity contribution in [2.45, 2.75) is 18.8 Å². The molecule has 0 saturated carbocycles. The first kappa shape index (κ1) is 19.3. The number of aromatic nitrogens is 1. The smallest absolute Gasteiger partial charge is 0.386 e. The van der Waals surface area contributed by atoms with E-state index in [-0.39, 0.29) is 24.7 Å². The number of fused-ring (bicyclic) bond motifs is 1. The van der Waals surface area contributed by atoms with Gasteiger partial charge in [-0.05, 0) is 23.8 Å². The first-order chi connectivity index (χ1) is 12.6. The molecule has 5 nitrogen and oxygen atoms in total. The predicted molar refractivity (Wildman–Crippen MR) is 85.0 cm³/mol. The standard InChI is InChI=1S/C16H11ClF5N3O2/c17-9-4-11(10(18)3-8(9)16(20,21)22)24-15(27)25-5-7-1-2-23-14(19)13(7)12(26)6-25/h1-4,12,26H,5-6H2,(H,24,27). The molecular formula is C16H11ClF5N3O2. The van der Waals surface area contributed by atoms with Crippen molar-refractivity contribution in [2.75, 3.05) is 11.9 Å². The van der Waals surface area contributed by atoms with Gasteiger partial charge in [-0.15, -0.1) is 0 Å². The Morgan fingerprint density at radius 2 is 2.04 bits per heavy atom. The lowest BCUT2D eigenvalue weighted by molar-refractivity contribution is -0.137. The van der Waals surface area contributed by atoms with E-state index in [0.717, 1.165) is 11.1 Å². The van der Waals surface area contributed by atoms with Crippen LogP contribution >= 0.6 is 11.6 Å². The number of amides is 2. The van der Waals surface area contributed by atoms with E-state index in [1.54, 1.807) is 0 Å². The monoisotopic (exact) mass is 407 g/mol. The van der Waals surface area contributed by atoms with E-state index in [1.807, 2.05) is 0 Å². The molecule has 0 radical (unpaired) electrons. The fourth-order valence-electron chi connectivity index (χ4n) is 2.75. The van der Waals surface area contributed by atoms with Gasteiger partial charge in [-0.1, -0.05) is 11.6 Å². The summed E-state index contributed by atoms with van der Waals surface area (Å²) in [6, 6.07) is 1.34. The Hall–Kier alpha value is -2.46. The van der Waals surface area contributed by atoms with Gasteiger partial charge in [0.05, 0.1) is 22.8 Å². The number of halogens is 6. The van der Waals surface area contributed by atoms with Crippen molar-refractivity contribution in [3.05, 3.63) is 57.9 Å². The first-order valence-corrected chi connectivity index (χ1v) is 7.89. The van der Waals surface area contributed by atoms with E-state index in [0.29, 0.717) is 11.6 Å². The van der Waals surface area contributed by atoms with Crippen LogP contribution in [-0.4, -0.2) is 27.6 Å². The highest BCUT2D eigenvalue weighted by Crippen LogP contribution is 2.37. The van der Waals surface area contributed by atoms with Crippen molar-refractivity contribution in [2.24, 2.45) is 0 Å². The van der Waals surface area contributed by atoms with Gasteiger partial charge in [-0.25, -0.2) is 14.2 Å². The van der Waals surface area contributed by atoms with Gasteiger partial charge in [0.2, 0.25) is 5.95 Å². The number of hydrogen-bond acceptors (Lipinski definition) is 3. The minimum atomic E-state index is -4.85. The molecule has 1 aromatic heterocycles. The van der Waals surface area contributed by atoms with Crippen LogP contribution in [0.25, 0.3) is 0 Å². The van der Waals surface area contributed by atoms with Crippen LogP contribution in [0.3, 0.4) is 0 Å². The molecule has 1 unspecified atom stereocenters. The van der Waals surface area contributed by atoms with E-state index < -0.39 is 46.3 Å². The molecule has 0 fully saturated rings. The van der Waals surface area contributed by atoms with Crippen molar-refractivity contribution >= 4 is 23.3 Å². The molecule has 3 rings (SSSR count). The lowest BCUT2D eigenvalue weighted by atomic mass is 10.00. The number of aliphatic hydroxyl groups excluding tert-OH is 1. The second-order valence-corrected chi connectivity index (χ2v) is 6.22. The third-order valence-corrected chi connectivity index (χ3v) is 4.32. The van der Waals surface area contributed by atoms with Crippen LogP contribution in [0.15, 0.2) is 24.4 Å². The molecule has 2 amide bonds. The molecule has 1 atom stereocenters. The summed E-state index contributed by atoms with van der Waals surface area (Å²) in [5.74, 6) is -2.19. The van der Waals surface area contributed by atoms with Crippen LogP contribution in [0.5, 0.6) is 0 Å². The molecular weight excluding hydrogens is 397 g/mol. The minimum absolute atomic E-state index is 0.0368. The summed E-state index contributed by atoms with van der Waals surface area (Å²) >= 11 is 5.52. The van der Waals surface area contributed by atoms with Crippen molar-refractivity contribution in [3.63, 3.8) is 0 Å². The maximum absolute atomic E-state index is 14.0. The van der Waals surface area contributed by atoms with Gasteiger partial charge >= 0.3 is 12.2 Å². The summed E-state index contributed by atoms with van der Waals surface area (Å²) in [6.45, 7) is -0.412. The number of alkyl halides is 3. The van der Waals surface area contributed by atoms with Crippen molar-refractivity contribution < 1.29 is 31.9 Å². The number of rotatable bonds is 1. The van der Waals surface area contributed by atoms with Crippen molar-refractivity contribution in [1.82, 2.24) is 9.88 Å². The molecule has 144 valence electrons. The van der Waals surface area contributed by atoms with Crippen molar-refractivity contribution in [1.29, 1.82) is 0 Å². The second kappa shape index (κ2) is 6.93. The number of urea groups is 1. The Kier molecular flexibility index (Phi) is 4.96. The zero-order valence-electron chi connectivity index (χ0n) is 13.3. The lowest BCUT2D eigenvalue weighted by Crippen LogP contribution is -2.41. The fraction of sp³-hybridized carbons (Fsp3) is 0.250. The van der Waals surface area contributed by atoms with E-state index in [9.17, 15) is 31.9 Å². The number of benzene rings is 1. The number of nitrogens with zero attached hydrogens (tertiary/aromatic N) is 2. The van der Waals surface area contributed by atoms with Crippen LogP contribution in [0, 0.1) is 11.8 Å². The SMILES string of the molecule is O=C(Nc1cc(Cl)c(C(F)(F)F)cc1F)N1Cc2ccnc(F)c2C(O)C1. The summed E-state index contributed by atoms with van der Waals surface area (Å²) < 4.78 is 65.8. The fourth-order valence-corrected chi connectivity index (χ4v) is 3.02. The topological polar surface area (TPSA) is 65.5 Å². The van der Waals surface area contributed by atoms with Crippen LogP contribution in [0.1, 0.15) is 22.8 Å². The largest absolute Gasteiger partial charge is 0.417 e. The molecule has 0 bridgehead atoms. The van der Waals surface area contributed by atoms with Gasteiger partial charge in [0.1, 0.15) is 11.9 Å². The highest BCUT2D eigenvalue weighted by Gasteiger charge is 2.35. The molecule has 1 aliphatic rings. The zero-order chi connectivity index (χ0) is 19.9. The molecule has 0 aliphatic carbocycles. The third kappa shape index (κ3) is 3.81. The number of aliphatic hydroxyl groups is 1. The Morgan fingerprint density at radius 3 is 2.70 bits per heavy atom.